The van der Waals surface area contributed by atoms with Gasteiger partial charge in [0.15, 0.2) is 11.9 Å². The Morgan fingerprint density at radius 2 is 2.05 bits per heavy atom. The van der Waals surface area contributed by atoms with Gasteiger partial charge in [0, 0.05) is 29.7 Å². The van der Waals surface area contributed by atoms with E-state index < -0.39 is 11.0 Å². The Balaban J connectivity index is 1.97. The molecule has 0 bridgehead atoms. The molecule has 0 radical (unpaired) electrons. The van der Waals surface area contributed by atoms with Gasteiger partial charge in [-0.05, 0) is 18.2 Å². The van der Waals surface area contributed by atoms with Gasteiger partial charge < -0.3 is 9.84 Å². The van der Waals surface area contributed by atoms with E-state index in [1.807, 2.05) is 0 Å². The van der Waals surface area contributed by atoms with Crippen LogP contribution in [0.15, 0.2) is 42.5 Å². The van der Waals surface area contributed by atoms with Crippen LogP contribution in [-0.4, -0.2) is 15.8 Å². The highest BCUT2D eigenvalue weighted by Gasteiger charge is 2.30. The highest BCUT2D eigenvalue weighted by molar-refractivity contribution is 5.89. The smallest absolute Gasteiger partial charge is 0.269 e. The average molecular weight is 285 g/mol. The van der Waals surface area contributed by atoms with E-state index in [4.69, 9.17) is 4.74 Å². The third kappa shape index (κ3) is 2.43. The third-order valence-electron chi connectivity index (χ3n) is 3.33. The van der Waals surface area contributed by atoms with E-state index in [9.17, 15) is 20.0 Å². The van der Waals surface area contributed by atoms with Gasteiger partial charge in [-0.3, -0.25) is 14.9 Å². The Kier molecular flexibility index (Phi) is 3.06. The minimum absolute atomic E-state index is 0.0685. The second-order valence-electron chi connectivity index (χ2n) is 4.79. The maximum atomic E-state index is 12.2. The van der Waals surface area contributed by atoms with E-state index in [1.165, 1.54) is 30.3 Å². The molecule has 6 nitrogen and oxygen atoms in total. The lowest BCUT2D eigenvalue weighted by molar-refractivity contribution is -0.384. The van der Waals surface area contributed by atoms with Crippen LogP contribution in [0, 0.1) is 10.1 Å². The van der Waals surface area contributed by atoms with Crippen LogP contribution >= 0.6 is 0 Å². The molecule has 0 aromatic heterocycles. The van der Waals surface area contributed by atoms with Crippen LogP contribution in [-0.2, 0) is 11.2 Å². The highest BCUT2D eigenvalue weighted by atomic mass is 16.6. The number of carbonyl (C=O) groups excluding carboxylic acids is 1. The van der Waals surface area contributed by atoms with E-state index in [-0.39, 0.29) is 23.6 Å². The highest BCUT2D eigenvalue weighted by Crippen LogP contribution is 2.35. The van der Waals surface area contributed by atoms with Crippen molar-refractivity contribution in [2.75, 3.05) is 0 Å². The number of benzene rings is 2. The van der Waals surface area contributed by atoms with Crippen LogP contribution < -0.4 is 4.74 Å². The SMILES string of the molecule is O=C1Cc2cc(O)ccc2OC1c1cccc([N+](=O)[O-])c1. The largest absolute Gasteiger partial charge is 0.508 e. The molecule has 1 N–H and O–H groups in total. The van der Waals surface area contributed by atoms with Crippen LogP contribution in [0.25, 0.3) is 0 Å². The molecule has 1 atom stereocenters. The van der Waals surface area contributed by atoms with Crippen LogP contribution in [0.2, 0.25) is 0 Å². The molecule has 21 heavy (non-hydrogen) atoms. The molecular formula is C15H11NO5. The maximum Gasteiger partial charge on any atom is 0.269 e. The molecule has 2 aromatic carbocycles. The summed E-state index contributed by atoms with van der Waals surface area (Å²) in [4.78, 5) is 22.5. The Morgan fingerprint density at radius 1 is 1.24 bits per heavy atom. The number of nitro groups is 1. The van der Waals surface area contributed by atoms with Gasteiger partial charge in [0.25, 0.3) is 5.69 Å². The normalized spacial score (nSPS) is 17.0. The molecule has 1 heterocycles. The van der Waals surface area contributed by atoms with Gasteiger partial charge in [0.05, 0.1) is 4.92 Å². The van der Waals surface area contributed by atoms with E-state index in [0.717, 1.165) is 0 Å². The number of hydrogen-bond donors (Lipinski definition) is 1. The Morgan fingerprint density at radius 3 is 2.81 bits per heavy atom. The molecule has 106 valence electrons. The lowest BCUT2D eigenvalue weighted by Gasteiger charge is -2.25. The van der Waals surface area contributed by atoms with Crippen LogP contribution in [0.3, 0.4) is 0 Å². The summed E-state index contributed by atoms with van der Waals surface area (Å²) in [6.45, 7) is 0. The topological polar surface area (TPSA) is 89.7 Å². The summed E-state index contributed by atoms with van der Waals surface area (Å²) in [7, 11) is 0. The van der Waals surface area contributed by atoms with E-state index >= 15 is 0 Å². The molecule has 0 spiro atoms. The number of phenolic OH excluding ortho intramolecular Hbond substituents is 1. The summed E-state index contributed by atoms with van der Waals surface area (Å²) in [5.41, 5.74) is 0.981. The van der Waals surface area contributed by atoms with Crippen molar-refractivity contribution in [2.24, 2.45) is 0 Å². The number of ether oxygens (including phenoxy) is 1. The third-order valence-corrected chi connectivity index (χ3v) is 3.33. The van der Waals surface area contributed by atoms with Crippen molar-refractivity contribution in [2.45, 2.75) is 12.5 Å². The minimum Gasteiger partial charge on any atom is -0.508 e. The zero-order valence-corrected chi connectivity index (χ0v) is 10.9. The first-order valence-corrected chi connectivity index (χ1v) is 6.30. The summed E-state index contributed by atoms with van der Waals surface area (Å²) in [5.74, 6) is 0.372. The Labute approximate surface area is 119 Å². The quantitative estimate of drug-likeness (QED) is 0.676. The van der Waals surface area contributed by atoms with Crippen molar-refractivity contribution in [1.82, 2.24) is 0 Å². The molecule has 0 amide bonds. The molecule has 1 unspecified atom stereocenters. The molecule has 0 saturated carbocycles. The van der Waals surface area contributed by atoms with Crippen molar-refractivity contribution in [3.05, 3.63) is 63.7 Å². The van der Waals surface area contributed by atoms with Crippen LogP contribution in [0.4, 0.5) is 5.69 Å². The zero-order valence-electron chi connectivity index (χ0n) is 10.9. The second-order valence-corrected chi connectivity index (χ2v) is 4.79. The number of rotatable bonds is 2. The fourth-order valence-corrected chi connectivity index (χ4v) is 2.35. The van der Waals surface area contributed by atoms with Gasteiger partial charge in [-0.2, -0.15) is 0 Å². The van der Waals surface area contributed by atoms with Gasteiger partial charge in [0.1, 0.15) is 11.5 Å². The van der Waals surface area contributed by atoms with Gasteiger partial charge >= 0.3 is 0 Å². The van der Waals surface area contributed by atoms with E-state index in [1.54, 1.807) is 12.1 Å². The number of carbonyl (C=O) groups is 1. The number of nitro benzene ring substituents is 1. The van der Waals surface area contributed by atoms with Gasteiger partial charge in [0.2, 0.25) is 0 Å². The van der Waals surface area contributed by atoms with Crippen molar-refractivity contribution >= 4 is 11.5 Å². The standard InChI is InChI=1S/C15H11NO5/c17-12-4-5-14-10(7-12)8-13(18)15(21-14)9-2-1-3-11(6-9)16(19)20/h1-7,15,17H,8H2. The number of phenols is 1. The molecule has 6 heteroatoms. The Hall–Kier alpha value is -2.89. The summed E-state index contributed by atoms with van der Waals surface area (Å²) in [5, 5.41) is 20.2. The number of fused-ring (bicyclic) bond motifs is 1. The first-order chi connectivity index (χ1) is 10.0. The molecule has 1 aliphatic rings. The first kappa shape index (κ1) is 13.1. The molecule has 0 saturated heterocycles. The Bertz CT molecular complexity index is 741. The van der Waals surface area contributed by atoms with E-state index in [2.05, 4.69) is 0 Å². The number of ketones is 1. The summed E-state index contributed by atoms with van der Waals surface area (Å²) >= 11 is 0. The van der Waals surface area contributed by atoms with Gasteiger partial charge in [-0.25, -0.2) is 0 Å². The minimum atomic E-state index is -0.859. The number of non-ortho nitro benzene ring substituents is 1. The molecule has 0 fully saturated rings. The lowest BCUT2D eigenvalue weighted by Crippen LogP contribution is -2.25. The van der Waals surface area contributed by atoms with Gasteiger partial charge in [-0.1, -0.05) is 12.1 Å². The molecule has 1 aliphatic heterocycles. The van der Waals surface area contributed by atoms with Crippen molar-refractivity contribution in [3.8, 4) is 11.5 Å². The fraction of sp³-hybridized carbons (Fsp3) is 0.133. The zero-order chi connectivity index (χ0) is 15.0. The maximum absolute atomic E-state index is 12.2. The van der Waals surface area contributed by atoms with Crippen molar-refractivity contribution in [1.29, 1.82) is 0 Å². The van der Waals surface area contributed by atoms with Crippen LogP contribution in [0.5, 0.6) is 11.5 Å². The average Bonchev–Trinajstić information content (AvgIpc) is 2.46. The number of nitrogens with zero attached hydrogens (tertiary/aromatic N) is 1. The fourth-order valence-electron chi connectivity index (χ4n) is 2.35. The van der Waals surface area contributed by atoms with Crippen molar-refractivity contribution < 1.29 is 19.6 Å². The first-order valence-electron chi connectivity index (χ1n) is 6.30. The molecular weight excluding hydrogens is 274 g/mol. The predicted molar refractivity (Wildman–Crippen MR) is 73.3 cm³/mol. The molecule has 2 aromatic rings. The van der Waals surface area contributed by atoms with Crippen LogP contribution in [0.1, 0.15) is 17.2 Å². The molecule has 0 aliphatic carbocycles. The van der Waals surface area contributed by atoms with Gasteiger partial charge in [-0.15, -0.1) is 0 Å². The monoisotopic (exact) mass is 285 g/mol. The number of Topliss-reactive ketones (excluding diaryl/α,β-unsaturated/α-hetero) is 1. The second kappa shape index (κ2) is 4.90. The van der Waals surface area contributed by atoms with E-state index in [0.29, 0.717) is 16.9 Å². The number of aromatic hydroxyl groups is 1. The predicted octanol–water partition coefficient (Wildman–Crippen LogP) is 2.55. The van der Waals surface area contributed by atoms with Crippen molar-refractivity contribution in [3.63, 3.8) is 0 Å². The molecule has 3 rings (SSSR count). The number of hydrogen-bond acceptors (Lipinski definition) is 5. The summed E-state index contributed by atoms with van der Waals surface area (Å²) in [6.07, 6.45) is -0.737. The summed E-state index contributed by atoms with van der Waals surface area (Å²) < 4.78 is 5.64. The lowest BCUT2D eigenvalue weighted by atomic mass is 9.96. The summed E-state index contributed by atoms with van der Waals surface area (Å²) in [6, 6.07) is 10.4.